The minimum Gasteiger partial charge on any atom is -0.493 e. The van der Waals surface area contributed by atoms with E-state index in [2.05, 4.69) is 19.9 Å². The predicted molar refractivity (Wildman–Crippen MR) is 60.8 cm³/mol. The van der Waals surface area contributed by atoms with Crippen molar-refractivity contribution >= 4 is 0 Å². The maximum Gasteiger partial charge on any atom is 0.122 e. The smallest absolute Gasteiger partial charge is 0.122 e. The number of aryl methyl sites for hydroxylation is 1. The Morgan fingerprint density at radius 3 is 2.57 bits per heavy atom. The van der Waals surface area contributed by atoms with Gasteiger partial charge in [-0.1, -0.05) is 44.4 Å². The van der Waals surface area contributed by atoms with Gasteiger partial charge >= 0.3 is 0 Å². The van der Waals surface area contributed by atoms with Gasteiger partial charge in [0.05, 0.1) is 6.61 Å². The third-order valence-electron chi connectivity index (χ3n) is 2.35. The van der Waals surface area contributed by atoms with E-state index in [4.69, 9.17) is 4.74 Å². The number of hydrogen-bond acceptors (Lipinski definition) is 1. The van der Waals surface area contributed by atoms with Gasteiger partial charge in [-0.15, -0.1) is 0 Å². The monoisotopic (exact) mass is 192 g/mol. The molecule has 0 N–H and O–H groups in total. The first-order chi connectivity index (χ1) is 6.84. The molecule has 0 heterocycles. The lowest BCUT2D eigenvalue weighted by Crippen LogP contribution is -1.98. The lowest BCUT2D eigenvalue weighted by molar-refractivity contribution is 0.303. The van der Waals surface area contributed by atoms with Crippen LogP contribution < -0.4 is 4.74 Å². The van der Waals surface area contributed by atoms with E-state index in [0.29, 0.717) is 0 Å². The van der Waals surface area contributed by atoms with Gasteiger partial charge in [0.15, 0.2) is 0 Å². The summed E-state index contributed by atoms with van der Waals surface area (Å²) in [4.78, 5) is 0. The Labute approximate surface area is 87.1 Å². The molecule has 1 heteroatoms. The Bertz CT molecular complexity index is 255. The van der Waals surface area contributed by atoms with Crippen molar-refractivity contribution in [3.8, 4) is 5.75 Å². The van der Waals surface area contributed by atoms with Crippen molar-refractivity contribution in [1.29, 1.82) is 0 Å². The van der Waals surface area contributed by atoms with Crippen LogP contribution in [0.2, 0.25) is 0 Å². The van der Waals surface area contributed by atoms with E-state index >= 15 is 0 Å². The van der Waals surface area contributed by atoms with E-state index in [9.17, 15) is 0 Å². The molecular weight excluding hydrogens is 172 g/mol. The fraction of sp³-hybridized carbons (Fsp3) is 0.538. The average Bonchev–Trinajstić information content (AvgIpc) is 2.20. The first kappa shape index (κ1) is 11.1. The van der Waals surface area contributed by atoms with Gasteiger partial charge in [-0.25, -0.2) is 0 Å². The zero-order valence-electron chi connectivity index (χ0n) is 9.25. The van der Waals surface area contributed by atoms with Crippen LogP contribution in [0.3, 0.4) is 0 Å². The third-order valence-corrected chi connectivity index (χ3v) is 2.35. The van der Waals surface area contributed by atoms with E-state index in [1.807, 2.05) is 18.2 Å². The van der Waals surface area contributed by atoms with E-state index in [0.717, 1.165) is 12.4 Å². The van der Waals surface area contributed by atoms with Crippen LogP contribution in [-0.2, 0) is 0 Å². The van der Waals surface area contributed by atoms with Gasteiger partial charge in [0, 0.05) is 0 Å². The van der Waals surface area contributed by atoms with Crippen molar-refractivity contribution in [3.63, 3.8) is 0 Å². The van der Waals surface area contributed by atoms with Gasteiger partial charge in [-0.05, 0) is 25.0 Å². The second-order valence-electron chi connectivity index (χ2n) is 3.67. The minimum absolute atomic E-state index is 0.852. The molecule has 78 valence electrons. The number of ether oxygens (including phenoxy) is 1. The SMILES string of the molecule is CCCCCCOc1ccccc1C. The van der Waals surface area contributed by atoms with Crippen LogP contribution in [0.25, 0.3) is 0 Å². The molecule has 0 aliphatic heterocycles. The van der Waals surface area contributed by atoms with Crippen LogP contribution in [0, 0.1) is 6.92 Å². The molecule has 14 heavy (non-hydrogen) atoms. The fourth-order valence-corrected chi connectivity index (χ4v) is 1.43. The van der Waals surface area contributed by atoms with Crippen LogP contribution in [0.4, 0.5) is 0 Å². The van der Waals surface area contributed by atoms with Crippen molar-refractivity contribution in [2.75, 3.05) is 6.61 Å². The molecule has 0 radical (unpaired) electrons. The Morgan fingerprint density at radius 2 is 1.86 bits per heavy atom. The molecule has 0 spiro atoms. The molecule has 0 atom stereocenters. The van der Waals surface area contributed by atoms with Gasteiger partial charge in [0.1, 0.15) is 5.75 Å². The lowest BCUT2D eigenvalue weighted by atomic mass is 10.2. The number of rotatable bonds is 6. The largest absolute Gasteiger partial charge is 0.493 e. The normalized spacial score (nSPS) is 10.1. The molecular formula is C13H20O. The highest BCUT2D eigenvalue weighted by molar-refractivity contribution is 5.31. The zero-order chi connectivity index (χ0) is 10.2. The topological polar surface area (TPSA) is 9.23 Å². The summed E-state index contributed by atoms with van der Waals surface area (Å²) in [7, 11) is 0. The zero-order valence-corrected chi connectivity index (χ0v) is 9.25. The first-order valence-electron chi connectivity index (χ1n) is 5.53. The molecule has 0 amide bonds. The number of benzene rings is 1. The molecule has 0 aliphatic rings. The standard InChI is InChI=1S/C13H20O/c1-3-4-5-8-11-14-13-10-7-6-9-12(13)2/h6-7,9-10H,3-5,8,11H2,1-2H3. The summed E-state index contributed by atoms with van der Waals surface area (Å²) in [5.74, 6) is 1.03. The second-order valence-corrected chi connectivity index (χ2v) is 3.67. The van der Waals surface area contributed by atoms with Crippen molar-refractivity contribution in [2.24, 2.45) is 0 Å². The molecule has 1 rings (SSSR count). The maximum atomic E-state index is 5.68. The number of unbranched alkanes of at least 4 members (excludes halogenated alkanes) is 3. The molecule has 1 aromatic carbocycles. The quantitative estimate of drug-likeness (QED) is 0.620. The van der Waals surface area contributed by atoms with Crippen LogP contribution in [0.15, 0.2) is 24.3 Å². The van der Waals surface area contributed by atoms with Crippen LogP contribution >= 0.6 is 0 Å². The van der Waals surface area contributed by atoms with Crippen molar-refractivity contribution in [3.05, 3.63) is 29.8 Å². The van der Waals surface area contributed by atoms with Crippen LogP contribution in [0.1, 0.15) is 38.2 Å². The molecule has 0 fully saturated rings. The van der Waals surface area contributed by atoms with Crippen LogP contribution in [-0.4, -0.2) is 6.61 Å². The Kier molecular flexibility index (Phi) is 5.13. The summed E-state index contributed by atoms with van der Waals surface area (Å²) in [5.41, 5.74) is 1.22. The van der Waals surface area contributed by atoms with Gasteiger partial charge in [0.25, 0.3) is 0 Å². The van der Waals surface area contributed by atoms with Gasteiger partial charge in [-0.3, -0.25) is 0 Å². The summed E-state index contributed by atoms with van der Waals surface area (Å²) >= 11 is 0. The number of hydrogen-bond donors (Lipinski definition) is 0. The van der Waals surface area contributed by atoms with E-state index < -0.39 is 0 Å². The highest BCUT2D eigenvalue weighted by Gasteiger charge is 1.96. The fourth-order valence-electron chi connectivity index (χ4n) is 1.43. The summed E-state index contributed by atoms with van der Waals surface area (Å²) in [6.45, 7) is 5.16. The predicted octanol–water partition coefficient (Wildman–Crippen LogP) is 3.95. The van der Waals surface area contributed by atoms with E-state index in [1.165, 1.54) is 31.2 Å². The summed E-state index contributed by atoms with van der Waals surface area (Å²) < 4.78 is 5.68. The van der Waals surface area contributed by atoms with Gasteiger partial charge in [0.2, 0.25) is 0 Å². The maximum absolute atomic E-state index is 5.68. The Morgan fingerprint density at radius 1 is 1.07 bits per heavy atom. The van der Waals surface area contributed by atoms with Gasteiger partial charge < -0.3 is 4.74 Å². The van der Waals surface area contributed by atoms with Crippen molar-refractivity contribution in [2.45, 2.75) is 39.5 Å². The Balaban J connectivity index is 2.21. The summed E-state index contributed by atoms with van der Waals surface area (Å²) in [6.07, 6.45) is 5.05. The summed E-state index contributed by atoms with van der Waals surface area (Å²) in [5, 5.41) is 0. The van der Waals surface area contributed by atoms with E-state index in [-0.39, 0.29) is 0 Å². The molecule has 0 unspecified atom stereocenters. The van der Waals surface area contributed by atoms with Crippen molar-refractivity contribution in [1.82, 2.24) is 0 Å². The van der Waals surface area contributed by atoms with Crippen molar-refractivity contribution < 1.29 is 4.74 Å². The molecule has 0 saturated carbocycles. The van der Waals surface area contributed by atoms with Crippen LogP contribution in [0.5, 0.6) is 5.75 Å². The average molecular weight is 192 g/mol. The molecule has 0 saturated heterocycles. The molecule has 0 aliphatic carbocycles. The van der Waals surface area contributed by atoms with Gasteiger partial charge in [-0.2, -0.15) is 0 Å². The number of para-hydroxylation sites is 1. The molecule has 1 aromatic rings. The highest BCUT2D eigenvalue weighted by Crippen LogP contribution is 2.16. The molecule has 0 aromatic heterocycles. The molecule has 0 bridgehead atoms. The second kappa shape index (κ2) is 6.47. The van der Waals surface area contributed by atoms with E-state index in [1.54, 1.807) is 0 Å². The first-order valence-corrected chi connectivity index (χ1v) is 5.53. The highest BCUT2D eigenvalue weighted by atomic mass is 16.5. The molecule has 1 nitrogen and oxygen atoms in total. The minimum atomic E-state index is 0.852. The Hall–Kier alpha value is -0.980. The lowest BCUT2D eigenvalue weighted by Gasteiger charge is -2.07. The summed E-state index contributed by atoms with van der Waals surface area (Å²) in [6, 6.07) is 8.18. The third kappa shape index (κ3) is 3.82.